The Labute approximate surface area is 113 Å². The molecule has 5 nitrogen and oxygen atoms in total. The van der Waals surface area contributed by atoms with Crippen LogP contribution in [0, 0.1) is 0 Å². The molecule has 0 amide bonds. The number of pyridine rings is 1. The number of nitrogens with two attached hydrogens (primary N) is 1. The Hall–Kier alpha value is -2.04. The van der Waals surface area contributed by atoms with E-state index < -0.39 is 0 Å². The van der Waals surface area contributed by atoms with E-state index >= 15 is 0 Å². The number of aryl methyl sites for hydroxylation is 1. The van der Waals surface area contributed by atoms with Crippen LogP contribution in [0.25, 0.3) is 0 Å². The molecule has 0 radical (unpaired) electrons. The minimum absolute atomic E-state index is 0.153. The van der Waals surface area contributed by atoms with Crippen LogP contribution < -0.4 is 11.1 Å². The fourth-order valence-corrected chi connectivity index (χ4v) is 2.10. The normalized spacial score (nSPS) is 12.7. The molecule has 2 rings (SSSR count). The Balaban J connectivity index is 2.24. The lowest BCUT2D eigenvalue weighted by atomic mass is 10.1. The molecule has 0 spiro atoms. The summed E-state index contributed by atoms with van der Waals surface area (Å²) in [6, 6.07) is 4.14. The Kier molecular flexibility index (Phi) is 3.74. The van der Waals surface area contributed by atoms with Crippen molar-refractivity contribution in [3.8, 4) is 0 Å². The van der Waals surface area contributed by atoms with Crippen molar-refractivity contribution >= 4 is 11.5 Å². The van der Waals surface area contributed by atoms with Gasteiger partial charge in [0.2, 0.25) is 0 Å². The predicted molar refractivity (Wildman–Crippen MR) is 78.0 cm³/mol. The number of rotatable bonds is 4. The van der Waals surface area contributed by atoms with Gasteiger partial charge in [-0.2, -0.15) is 5.10 Å². The van der Waals surface area contributed by atoms with E-state index in [-0.39, 0.29) is 6.04 Å². The van der Waals surface area contributed by atoms with Crippen molar-refractivity contribution in [1.29, 1.82) is 0 Å². The molecule has 0 aromatic carbocycles. The molecule has 2 aromatic rings. The van der Waals surface area contributed by atoms with Crippen LogP contribution in [-0.4, -0.2) is 14.8 Å². The molecule has 1 unspecified atom stereocenters. The zero-order chi connectivity index (χ0) is 14.0. The van der Waals surface area contributed by atoms with Crippen LogP contribution in [0.1, 0.15) is 44.0 Å². The second-order valence-corrected chi connectivity index (χ2v) is 5.07. The minimum atomic E-state index is 0.153. The molecule has 2 heterocycles. The SMILES string of the molecule is CC(C)c1nn(C)c(NC(C)c2ccncc2)c1N. The fourth-order valence-electron chi connectivity index (χ4n) is 2.10. The summed E-state index contributed by atoms with van der Waals surface area (Å²) in [7, 11) is 1.91. The molecular formula is C14H21N5. The average molecular weight is 259 g/mol. The van der Waals surface area contributed by atoms with Crippen molar-refractivity contribution in [3.63, 3.8) is 0 Å². The molecule has 19 heavy (non-hydrogen) atoms. The highest BCUT2D eigenvalue weighted by Gasteiger charge is 2.17. The van der Waals surface area contributed by atoms with E-state index in [1.165, 1.54) is 5.56 Å². The van der Waals surface area contributed by atoms with Crippen LogP contribution in [-0.2, 0) is 7.05 Å². The van der Waals surface area contributed by atoms with E-state index in [9.17, 15) is 0 Å². The minimum Gasteiger partial charge on any atom is -0.394 e. The molecule has 0 aliphatic carbocycles. The van der Waals surface area contributed by atoms with Gasteiger partial charge in [0.05, 0.1) is 17.4 Å². The molecule has 0 bridgehead atoms. The van der Waals surface area contributed by atoms with E-state index in [0.29, 0.717) is 5.92 Å². The molecule has 0 aliphatic heterocycles. The van der Waals surface area contributed by atoms with Gasteiger partial charge >= 0.3 is 0 Å². The van der Waals surface area contributed by atoms with Crippen LogP contribution in [0.15, 0.2) is 24.5 Å². The first-order valence-electron chi connectivity index (χ1n) is 6.49. The highest BCUT2D eigenvalue weighted by atomic mass is 15.3. The maximum Gasteiger partial charge on any atom is 0.148 e. The Morgan fingerprint density at radius 2 is 1.84 bits per heavy atom. The second-order valence-electron chi connectivity index (χ2n) is 5.07. The lowest BCUT2D eigenvalue weighted by Gasteiger charge is -2.16. The van der Waals surface area contributed by atoms with E-state index in [0.717, 1.165) is 17.2 Å². The largest absolute Gasteiger partial charge is 0.394 e. The first-order valence-corrected chi connectivity index (χ1v) is 6.49. The number of nitrogen functional groups attached to an aromatic ring is 1. The van der Waals surface area contributed by atoms with Crippen molar-refractivity contribution < 1.29 is 0 Å². The number of nitrogens with one attached hydrogen (secondary N) is 1. The lowest BCUT2D eigenvalue weighted by Crippen LogP contribution is -2.11. The van der Waals surface area contributed by atoms with Gasteiger partial charge < -0.3 is 11.1 Å². The highest BCUT2D eigenvalue weighted by molar-refractivity contribution is 5.66. The van der Waals surface area contributed by atoms with Crippen LogP contribution >= 0.6 is 0 Å². The molecule has 2 aromatic heterocycles. The summed E-state index contributed by atoms with van der Waals surface area (Å²) in [5, 5.41) is 7.89. The second kappa shape index (κ2) is 5.30. The Morgan fingerprint density at radius 1 is 1.21 bits per heavy atom. The zero-order valence-electron chi connectivity index (χ0n) is 11.9. The first-order chi connectivity index (χ1) is 9.00. The van der Waals surface area contributed by atoms with Gasteiger partial charge in [0.25, 0.3) is 0 Å². The third-order valence-corrected chi connectivity index (χ3v) is 3.22. The van der Waals surface area contributed by atoms with Crippen LogP contribution in [0.4, 0.5) is 11.5 Å². The number of anilines is 2. The van der Waals surface area contributed by atoms with Gasteiger partial charge in [-0.3, -0.25) is 9.67 Å². The van der Waals surface area contributed by atoms with Gasteiger partial charge in [-0.1, -0.05) is 13.8 Å². The fraction of sp³-hybridized carbons (Fsp3) is 0.429. The summed E-state index contributed by atoms with van der Waals surface area (Å²) in [6.45, 7) is 6.28. The van der Waals surface area contributed by atoms with Crippen LogP contribution in [0.5, 0.6) is 0 Å². The van der Waals surface area contributed by atoms with E-state index in [4.69, 9.17) is 5.73 Å². The molecule has 0 aliphatic rings. The summed E-state index contributed by atoms with van der Waals surface area (Å²) in [4.78, 5) is 4.03. The molecule has 0 saturated carbocycles. The molecule has 102 valence electrons. The van der Waals surface area contributed by atoms with E-state index in [2.05, 4.69) is 36.2 Å². The summed E-state index contributed by atoms with van der Waals surface area (Å²) >= 11 is 0. The number of aromatic nitrogens is 3. The topological polar surface area (TPSA) is 68.8 Å². The van der Waals surface area contributed by atoms with E-state index in [1.54, 1.807) is 12.4 Å². The summed E-state index contributed by atoms with van der Waals surface area (Å²) < 4.78 is 1.81. The van der Waals surface area contributed by atoms with Gasteiger partial charge in [0, 0.05) is 19.4 Å². The lowest BCUT2D eigenvalue weighted by molar-refractivity contribution is 0.708. The first kappa shape index (κ1) is 13.4. The van der Waals surface area contributed by atoms with Gasteiger partial charge in [0.15, 0.2) is 0 Å². The number of hydrogen-bond acceptors (Lipinski definition) is 4. The monoisotopic (exact) mass is 259 g/mol. The molecule has 0 fully saturated rings. The Bertz CT molecular complexity index is 544. The van der Waals surface area contributed by atoms with Gasteiger partial charge in [0.1, 0.15) is 5.82 Å². The van der Waals surface area contributed by atoms with Crippen LogP contribution in [0.3, 0.4) is 0 Å². The highest BCUT2D eigenvalue weighted by Crippen LogP contribution is 2.30. The quantitative estimate of drug-likeness (QED) is 0.885. The zero-order valence-corrected chi connectivity index (χ0v) is 11.9. The standard InChI is InChI=1S/C14H21N5/c1-9(2)13-12(15)14(19(4)18-13)17-10(3)11-5-7-16-8-6-11/h5-10,17H,15H2,1-4H3. The van der Waals surface area contributed by atoms with E-state index in [1.807, 2.05) is 23.9 Å². The molecule has 0 saturated heterocycles. The average Bonchev–Trinajstić information content (AvgIpc) is 2.68. The summed E-state index contributed by atoms with van der Waals surface area (Å²) in [5.41, 5.74) is 9.01. The van der Waals surface area contributed by atoms with Crippen molar-refractivity contribution in [2.45, 2.75) is 32.7 Å². The maximum absolute atomic E-state index is 6.17. The molecular weight excluding hydrogens is 238 g/mol. The molecule has 1 atom stereocenters. The van der Waals surface area contributed by atoms with Gasteiger partial charge in [-0.15, -0.1) is 0 Å². The third-order valence-electron chi connectivity index (χ3n) is 3.22. The van der Waals surface area contributed by atoms with Gasteiger partial charge in [-0.05, 0) is 30.5 Å². The summed E-state index contributed by atoms with van der Waals surface area (Å²) in [6.07, 6.45) is 3.58. The molecule has 3 N–H and O–H groups in total. The maximum atomic E-state index is 6.17. The summed E-state index contributed by atoms with van der Waals surface area (Å²) in [5.74, 6) is 1.19. The predicted octanol–water partition coefficient (Wildman–Crippen LogP) is 2.69. The van der Waals surface area contributed by atoms with Crippen LogP contribution in [0.2, 0.25) is 0 Å². The van der Waals surface area contributed by atoms with Crippen molar-refractivity contribution in [3.05, 3.63) is 35.8 Å². The third kappa shape index (κ3) is 2.70. The van der Waals surface area contributed by atoms with Crippen molar-refractivity contribution in [1.82, 2.24) is 14.8 Å². The van der Waals surface area contributed by atoms with Crippen molar-refractivity contribution in [2.24, 2.45) is 7.05 Å². The molecule has 5 heteroatoms. The van der Waals surface area contributed by atoms with Crippen molar-refractivity contribution in [2.75, 3.05) is 11.1 Å². The number of nitrogens with zero attached hydrogens (tertiary/aromatic N) is 3. The Morgan fingerprint density at radius 3 is 2.37 bits per heavy atom. The van der Waals surface area contributed by atoms with Gasteiger partial charge in [-0.25, -0.2) is 0 Å². The number of hydrogen-bond donors (Lipinski definition) is 2. The smallest absolute Gasteiger partial charge is 0.148 e.